The van der Waals surface area contributed by atoms with Gasteiger partial charge in [0.05, 0.1) is 12.2 Å². The highest BCUT2D eigenvalue weighted by Crippen LogP contribution is 2.11. The molecule has 18 heavy (non-hydrogen) atoms. The molecule has 0 aliphatic heterocycles. The monoisotopic (exact) mass is 262 g/mol. The van der Waals surface area contributed by atoms with Crippen LogP contribution in [0.25, 0.3) is 0 Å². The number of aliphatic hydroxyl groups excluding tert-OH is 2. The van der Waals surface area contributed by atoms with E-state index in [4.69, 9.17) is 9.47 Å². The van der Waals surface area contributed by atoms with Crippen molar-refractivity contribution in [2.45, 2.75) is 64.6 Å². The molecule has 0 amide bonds. The molecule has 4 heteroatoms. The first-order chi connectivity index (χ1) is 8.72. The lowest BCUT2D eigenvalue weighted by Gasteiger charge is -2.17. The van der Waals surface area contributed by atoms with Gasteiger partial charge in [-0.3, -0.25) is 0 Å². The van der Waals surface area contributed by atoms with Crippen LogP contribution in [-0.2, 0) is 9.47 Å². The molecule has 2 atom stereocenters. The van der Waals surface area contributed by atoms with Gasteiger partial charge in [0.1, 0.15) is 0 Å². The SMILES string of the molecule is CCOCCCCCC(O)C(O)CCCOCC. The topological polar surface area (TPSA) is 58.9 Å². The van der Waals surface area contributed by atoms with Crippen LogP contribution < -0.4 is 0 Å². The fourth-order valence-electron chi connectivity index (χ4n) is 1.80. The van der Waals surface area contributed by atoms with Crippen LogP contribution in [0.3, 0.4) is 0 Å². The van der Waals surface area contributed by atoms with Gasteiger partial charge in [0.25, 0.3) is 0 Å². The summed E-state index contributed by atoms with van der Waals surface area (Å²) in [5.74, 6) is 0. The van der Waals surface area contributed by atoms with Gasteiger partial charge in [-0.25, -0.2) is 0 Å². The van der Waals surface area contributed by atoms with E-state index < -0.39 is 12.2 Å². The van der Waals surface area contributed by atoms with Gasteiger partial charge in [-0.2, -0.15) is 0 Å². The summed E-state index contributed by atoms with van der Waals surface area (Å²) < 4.78 is 10.4. The maximum absolute atomic E-state index is 9.75. The lowest BCUT2D eigenvalue weighted by Crippen LogP contribution is -2.26. The van der Waals surface area contributed by atoms with Crippen LogP contribution in [0.4, 0.5) is 0 Å². The quantitative estimate of drug-likeness (QED) is 0.499. The number of hydrogen-bond donors (Lipinski definition) is 2. The van der Waals surface area contributed by atoms with E-state index in [0.29, 0.717) is 26.1 Å². The van der Waals surface area contributed by atoms with E-state index in [9.17, 15) is 10.2 Å². The lowest BCUT2D eigenvalue weighted by molar-refractivity contribution is 0.00255. The molecule has 2 unspecified atom stereocenters. The molecule has 0 saturated carbocycles. The zero-order valence-electron chi connectivity index (χ0n) is 11.9. The van der Waals surface area contributed by atoms with Gasteiger partial charge in [0.15, 0.2) is 0 Å². The van der Waals surface area contributed by atoms with Crippen molar-refractivity contribution in [2.75, 3.05) is 26.4 Å². The number of unbranched alkanes of at least 4 members (excludes halogenated alkanes) is 2. The second-order valence-electron chi connectivity index (χ2n) is 4.52. The number of ether oxygens (including phenoxy) is 2. The van der Waals surface area contributed by atoms with Gasteiger partial charge < -0.3 is 19.7 Å². The van der Waals surface area contributed by atoms with Crippen LogP contribution in [-0.4, -0.2) is 48.8 Å². The van der Waals surface area contributed by atoms with Crippen LogP contribution >= 0.6 is 0 Å². The standard InChI is InChI=1S/C14H30O4/c1-3-17-11-7-5-6-9-13(15)14(16)10-8-12-18-4-2/h13-16H,3-12H2,1-2H3. The number of rotatable bonds is 13. The molecule has 0 rings (SSSR count). The molecule has 0 radical (unpaired) electrons. The van der Waals surface area contributed by atoms with Gasteiger partial charge in [0.2, 0.25) is 0 Å². The van der Waals surface area contributed by atoms with Crippen LogP contribution in [0.5, 0.6) is 0 Å². The molecule has 0 aliphatic carbocycles. The molecule has 2 N–H and O–H groups in total. The summed E-state index contributed by atoms with van der Waals surface area (Å²) >= 11 is 0. The zero-order valence-corrected chi connectivity index (χ0v) is 11.9. The van der Waals surface area contributed by atoms with Gasteiger partial charge in [-0.15, -0.1) is 0 Å². The van der Waals surface area contributed by atoms with E-state index in [0.717, 1.165) is 38.9 Å². The third kappa shape index (κ3) is 11.0. The molecule has 0 aromatic rings. The first-order valence-electron chi connectivity index (χ1n) is 7.24. The summed E-state index contributed by atoms with van der Waals surface area (Å²) in [7, 11) is 0. The van der Waals surface area contributed by atoms with E-state index in [1.54, 1.807) is 0 Å². The van der Waals surface area contributed by atoms with Gasteiger partial charge in [-0.05, 0) is 39.5 Å². The average molecular weight is 262 g/mol. The summed E-state index contributed by atoms with van der Waals surface area (Å²) in [4.78, 5) is 0. The predicted octanol–water partition coefficient (Wildman–Crippen LogP) is 2.12. The molecule has 0 aromatic carbocycles. The molecule has 0 bridgehead atoms. The van der Waals surface area contributed by atoms with Crippen LogP contribution in [0.1, 0.15) is 52.4 Å². The summed E-state index contributed by atoms with van der Waals surface area (Å²) in [6.07, 6.45) is 3.88. The van der Waals surface area contributed by atoms with Gasteiger partial charge >= 0.3 is 0 Å². The fourth-order valence-corrected chi connectivity index (χ4v) is 1.80. The molecule has 0 fully saturated rings. The smallest absolute Gasteiger partial charge is 0.0800 e. The summed E-state index contributed by atoms with van der Waals surface area (Å²) in [6.45, 7) is 6.87. The Morgan fingerprint density at radius 3 is 1.78 bits per heavy atom. The summed E-state index contributed by atoms with van der Waals surface area (Å²) in [5, 5.41) is 19.5. The largest absolute Gasteiger partial charge is 0.390 e. The fraction of sp³-hybridized carbons (Fsp3) is 1.00. The van der Waals surface area contributed by atoms with Gasteiger partial charge in [0, 0.05) is 26.4 Å². The van der Waals surface area contributed by atoms with Gasteiger partial charge in [-0.1, -0.05) is 12.8 Å². The van der Waals surface area contributed by atoms with Crippen molar-refractivity contribution in [1.82, 2.24) is 0 Å². The Labute approximate surface area is 111 Å². The third-order valence-electron chi connectivity index (χ3n) is 2.93. The third-order valence-corrected chi connectivity index (χ3v) is 2.93. The molecular weight excluding hydrogens is 232 g/mol. The number of aliphatic hydroxyl groups is 2. The van der Waals surface area contributed by atoms with Crippen LogP contribution in [0.15, 0.2) is 0 Å². The predicted molar refractivity (Wildman–Crippen MR) is 72.7 cm³/mol. The Bertz CT molecular complexity index is 164. The van der Waals surface area contributed by atoms with E-state index in [2.05, 4.69) is 0 Å². The first-order valence-corrected chi connectivity index (χ1v) is 7.24. The highest BCUT2D eigenvalue weighted by molar-refractivity contribution is 4.67. The lowest BCUT2D eigenvalue weighted by atomic mass is 10.0. The molecule has 0 saturated heterocycles. The highest BCUT2D eigenvalue weighted by Gasteiger charge is 2.15. The minimum absolute atomic E-state index is 0.598. The Kier molecular flexibility index (Phi) is 13.2. The summed E-state index contributed by atoms with van der Waals surface area (Å²) in [5.41, 5.74) is 0. The Morgan fingerprint density at radius 1 is 0.722 bits per heavy atom. The Hall–Kier alpha value is -0.160. The number of hydrogen-bond acceptors (Lipinski definition) is 4. The van der Waals surface area contributed by atoms with Crippen molar-refractivity contribution in [3.05, 3.63) is 0 Å². The average Bonchev–Trinajstić information content (AvgIpc) is 2.38. The summed E-state index contributed by atoms with van der Waals surface area (Å²) in [6, 6.07) is 0. The van der Waals surface area contributed by atoms with E-state index in [-0.39, 0.29) is 0 Å². The van der Waals surface area contributed by atoms with E-state index in [1.165, 1.54) is 0 Å². The Balaban J connectivity index is 3.35. The highest BCUT2D eigenvalue weighted by atomic mass is 16.5. The molecule has 0 aromatic heterocycles. The first kappa shape index (κ1) is 17.8. The van der Waals surface area contributed by atoms with Crippen molar-refractivity contribution < 1.29 is 19.7 Å². The zero-order chi connectivity index (χ0) is 13.6. The normalized spacial score (nSPS) is 14.7. The van der Waals surface area contributed by atoms with Crippen LogP contribution in [0.2, 0.25) is 0 Å². The van der Waals surface area contributed by atoms with Crippen molar-refractivity contribution in [1.29, 1.82) is 0 Å². The van der Waals surface area contributed by atoms with Crippen LogP contribution in [0, 0.1) is 0 Å². The second-order valence-corrected chi connectivity index (χ2v) is 4.52. The molecule has 4 nitrogen and oxygen atoms in total. The Morgan fingerprint density at radius 2 is 1.22 bits per heavy atom. The van der Waals surface area contributed by atoms with Crippen molar-refractivity contribution in [3.8, 4) is 0 Å². The minimum atomic E-state index is -0.614. The molecule has 0 heterocycles. The maximum atomic E-state index is 9.75. The minimum Gasteiger partial charge on any atom is -0.390 e. The van der Waals surface area contributed by atoms with Crippen molar-refractivity contribution in [2.24, 2.45) is 0 Å². The molecule has 0 spiro atoms. The molecular formula is C14H30O4. The van der Waals surface area contributed by atoms with E-state index >= 15 is 0 Å². The van der Waals surface area contributed by atoms with Crippen molar-refractivity contribution >= 4 is 0 Å². The molecule has 110 valence electrons. The van der Waals surface area contributed by atoms with Crippen molar-refractivity contribution in [3.63, 3.8) is 0 Å². The van der Waals surface area contributed by atoms with E-state index in [1.807, 2.05) is 13.8 Å². The molecule has 0 aliphatic rings. The second kappa shape index (κ2) is 13.3. The maximum Gasteiger partial charge on any atom is 0.0800 e.